The molecule has 5 heteroatoms. The maximum Gasteiger partial charge on any atom is 0.253 e. The van der Waals surface area contributed by atoms with Crippen LogP contribution in [-0.2, 0) is 4.79 Å². The van der Waals surface area contributed by atoms with Gasteiger partial charge >= 0.3 is 0 Å². The van der Waals surface area contributed by atoms with E-state index >= 15 is 0 Å². The third-order valence-corrected chi connectivity index (χ3v) is 3.94. The summed E-state index contributed by atoms with van der Waals surface area (Å²) in [4.78, 5) is 25.8. The lowest BCUT2D eigenvalue weighted by Gasteiger charge is -2.20. The molecule has 0 bridgehead atoms. The Morgan fingerprint density at radius 3 is 2.12 bits per heavy atom. The van der Waals surface area contributed by atoms with Gasteiger partial charge in [0.1, 0.15) is 0 Å². The highest BCUT2D eigenvalue weighted by atomic mass is 16.2. The van der Waals surface area contributed by atoms with Crippen molar-refractivity contribution in [1.82, 2.24) is 4.90 Å². The first kappa shape index (κ1) is 17.7. The molecule has 0 heterocycles. The van der Waals surface area contributed by atoms with E-state index in [1.165, 1.54) is 4.90 Å². The van der Waals surface area contributed by atoms with Gasteiger partial charge in [-0.2, -0.15) is 0 Å². The van der Waals surface area contributed by atoms with Gasteiger partial charge in [0.15, 0.2) is 0 Å². The molecule has 2 rings (SSSR count). The number of nitrogens with two attached hydrogens (primary N) is 1. The summed E-state index contributed by atoms with van der Waals surface area (Å²) in [5, 5.41) is 2.84. The van der Waals surface area contributed by atoms with E-state index < -0.39 is 0 Å². The lowest BCUT2D eigenvalue weighted by Crippen LogP contribution is -2.30. The molecular weight excluding hydrogens is 302 g/mol. The zero-order chi connectivity index (χ0) is 17.7. The first-order chi connectivity index (χ1) is 11.4. The number of hydrogen-bond donors (Lipinski definition) is 2. The van der Waals surface area contributed by atoms with Crippen LogP contribution in [0.3, 0.4) is 0 Å². The lowest BCUT2D eigenvalue weighted by atomic mass is 9.94. The highest BCUT2D eigenvalue weighted by molar-refractivity contribution is 5.96. The summed E-state index contributed by atoms with van der Waals surface area (Å²) in [5.74, 6) is -0.610. The zero-order valence-corrected chi connectivity index (χ0v) is 14.2. The summed E-state index contributed by atoms with van der Waals surface area (Å²) >= 11 is 0. The SMILES string of the molecule is CC(C(=O)Nc1ccc(C(=O)N(C)C)cc1)C(N)c1ccccc1. The molecule has 0 aromatic heterocycles. The van der Waals surface area contributed by atoms with Crippen molar-refractivity contribution in [3.63, 3.8) is 0 Å². The number of benzene rings is 2. The van der Waals surface area contributed by atoms with Crippen molar-refractivity contribution < 1.29 is 9.59 Å². The fraction of sp³-hybridized carbons (Fsp3) is 0.263. The molecule has 0 aliphatic carbocycles. The maximum atomic E-state index is 12.4. The molecule has 2 amide bonds. The molecule has 2 unspecified atom stereocenters. The minimum Gasteiger partial charge on any atom is -0.345 e. The number of carbonyl (C=O) groups excluding carboxylic acids is 2. The van der Waals surface area contributed by atoms with Gasteiger partial charge in [-0.1, -0.05) is 37.3 Å². The van der Waals surface area contributed by atoms with Crippen LogP contribution in [0.4, 0.5) is 5.69 Å². The van der Waals surface area contributed by atoms with Crippen LogP contribution in [0.2, 0.25) is 0 Å². The van der Waals surface area contributed by atoms with Gasteiger partial charge in [-0.25, -0.2) is 0 Å². The fourth-order valence-corrected chi connectivity index (χ4v) is 2.34. The highest BCUT2D eigenvalue weighted by Gasteiger charge is 2.22. The van der Waals surface area contributed by atoms with Gasteiger partial charge in [-0.3, -0.25) is 9.59 Å². The molecule has 0 aliphatic heterocycles. The molecule has 3 N–H and O–H groups in total. The van der Waals surface area contributed by atoms with Crippen molar-refractivity contribution >= 4 is 17.5 Å². The molecule has 0 spiro atoms. The van der Waals surface area contributed by atoms with Gasteiger partial charge in [-0.05, 0) is 29.8 Å². The quantitative estimate of drug-likeness (QED) is 0.887. The van der Waals surface area contributed by atoms with E-state index in [1.54, 1.807) is 45.3 Å². The van der Waals surface area contributed by atoms with Crippen molar-refractivity contribution in [1.29, 1.82) is 0 Å². The second-order valence-electron chi connectivity index (χ2n) is 5.99. The predicted octanol–water partition coefficient (Wildman–Crippen LogP) is 2.66. The Hall–Kier alpha value is -2.66. The maximum absolute atomic E-state index is 12.4. The van der Waals surface area contributed by atoms with E-state index in [-0.39, 0.29) is 23.8 Å². The summed E-state index contributed by atoms with van der Waals surface area (Å²) in [6, 6.07) is 16.0. The van der Waals surface area contributed by atoms with Crippen LogP contribution in [0.15, 0.2) is 54.6 Å². The van der Waals surface area contributed by atoms with Gasteiger partial charge in [0.25, 0.3) is 5.91 Å². The standard InChI is InChI=1S/C19H23N3O2/c1-13(17(20)14-7-5-4-6-8-14)18(23)21-16-11-9-15(10-12-16)19(24)22(2)3/h4-13,17H,20H2,1-3H3,(H,21,23). The number of nitrogens with one attached hydrogen (secondary N) is 1. The fourth-order valence-electron chi connectivity index (χ4n) is 2.34. The third kappa shape index (κ3) is 4.20. The van der Waals surface area contributed by atoms with Crippen molar-refractivity contribution in [2.24, 2.45) is 11.7 Å². The van der Waals surface area contributed by atoms with Gasteiger partial charge in [0.05, 0.1) is 5.92 Å². The minimum absolute atomic E-state index is 0.0765. The molecule has 126 valence electrons. The monoisotopic (exact) mass is 325 g/mol. The van der Waals surface area contributed by atoms with Gasteiger partial charge < -0.3 is 16.0 Å². The summed E-state index contributed by atoms with van der Waals surface area (Å²) in [6.45, 7) is 1.80. The van der Waals surface area contributed by atoms with Crippen LogP contribution in [0.5, 0.6) is 0 Å². The number of rotatable bonds is 5. The average Bonchev–Trinajstić information content (AvgIpc) is 2.61. The third-order valence-electron chi connectivity index (χ3n) is 3.94. The predicted molar refractivity (Wildman–Crippen MR) is 95.6 cm³/mol. The van der Waals surface area contributed by atoms with Gasteiger partial charge in [0.2, 0.25) is 5.91 Å². The van der Waals surface area contributed by atoms with E-state index in [1.807, 2.05) is 30.3 Å². The van der Waals surface area contributed by atoms with Crippen molar-refractivity contribution in [3.8, 4) is 0 Å². The van der Waals surface area contributed by atoms with E-state index in [0.29, 0.717) is 11.3 Å². The highest BCUT2D eigenvalue weighted by Crippen LogP contribution is 2.21. The number of amides is 2. The van der Waals surface area contributed by atoms with E-state index in [9.17, 15) is 9.59 Å². The Morgan fingerprint density at radius 2 is 1.58 bits per heavy atom. The molecule has 0 aliphatic rings. The Bertz CT molecular complexity index is 696. The first-order valence-electron chi connectivity index (χ1n) is 7.83. The number of hydrogen-bond acceptors (Lipinski definition) is 3. The molecule has 2 aromatic carbocycles. The van der Waals surface area contributed by atoms with Crippen molar-refractivity contribution in [2.75, 3.05) is 19.4 Å². The summed E-state index contributed by atoms with van der Waals surface area (Å²) in [7, 11) is 3.40. The lowest BCUT2D eigenvalue weighted by molar-refractivity contribution is -0.120. The second-order valence-corrected chi connectivity index (χ2v) is 5.99. The van der Waals surface area contributed by atoms with Crippen LogP contribution in [0, 0.1) is 5.92 Å². The van der Waals surface area contributed by atoms with E-state index in [0.717, 1.165) is 5.56 Å². The van der Waals surface area contributed by atoms with Crippen LogP contribution in [0.25, 0.3) is 0 Å². The summed E-state index contributed by atoms with van der Waals surface area (Å²) in [5.41, 5.74) is 8.32. The van der Waals surface area contributed by atoms with Gasteiger partial charge in [-0.15, -0.1) is 0 Å². The Kier molecular flexibility index (Phi) is 5.71. The second kappa shape index (κ2) is 7.75. The van der Waals surface area contributed by atoms with Crippen LogP contribution >= 0.6 is 0 Å². The average molecular weight is 325 g/mol. The van der Waals surface area contributed by atoms with Crippen LogP contribution in [0.1, 0.15) is 28.9 Å². The largest absolute Gasteiger partial charge is 0.345 e. The van der Waals surface area contributed by atoms with Crippen molar-refractivity contribution in [2.45, 2.75) is 13.0 Å². The number of carbonyl (C=O) groups is 2. The molecule has 0 radical (unpaired) electrons. The summed E-state index contributed by atoms with van der Waals surface area (Å²) in [6.07, 6.45) is 0. The van der Waals surface area contributed by atoms with Crippen LogP contribution < -0.4 is 11.1 Å². The molecule has 5 nitrogen and oxygen atoms in total. The molecular formula is C19H23N3O2. The normalized spacial score (nSPS) is 13.0. The molecule has 0 saturated carbocycles. The van der Waals surface area contributed by atoms with Crippen LogP contribution in [-0.4, -0.2) is 30.8 Å². The topological polar surface area (TPSA) is 75.4 Å². The molecule has 2 atom stereocenters. The molecule has 2 aromatic rings. The molecule has 0 saturated heterocycles. The Balaban J connectivity index is 2.02. The Labute approximate surface area is 142 Å². The molecule has 0 fully saturated rings. The summed E-state index contributed by atoms with van der Waals surface area (Å²) < 4.78 is 0. The molecule has 24 heavy (non-hydrogen) atoms. The Morgan fingerprint density at radius 1 is 1.00 bits per heavy atom. The van der Waals surface area contributed by atoms with E-state index in [4.69, 9.17) is 5.73 Å². The minimum atomic E-state index is -0.379. The smallest absolute Gasteiger partial charge is 0.253 e. The zero-order valence-electron chi connectivity index (χ0n) is 14.2. The van der Waals surface area contributed by atoms with Crippen molar-refractivity contribution in [3.05, 3.63) is 65.7 Å². The van der Waals surface area contributed by atoms with E-state index in [2.05, 4.69) is 5.32 Å². The number of anilines is 1. The van der Waals surface area contributed by atoms with Gasteiger partial charge in [0, 0.05) is 31.4 Å². The first-order valence-corrected chi connectivity index (χ1v) is 7.83. The number of nitrogens with zero attached hydrogens (tertiary/aromatic N) is 1.